The molecule has 2 aromatic rings. The lowest BCUT2D eigenvalue weighted by molar-refractivity contribution is -0.138. The number of carboxylic acid groups (broad SMARTS) is 1. The molecule has 20 heavy (non-hydrogen) atoms. The van der Waals surface area contributed by atoms with Gasteiger partial charge in [0.05, 0.1) is 6.54 Å². The number of benzene rings is 2. The minimum atomic E-state index is -0.728. The van der Waals surface area contributed by atoms with Gasteiger partial charge in [-0.2, -0.15) is 0 Å². The third-order valence-corrected chi connectivity index (χ3v) is 4.21. The first-order valence-corrected chi connectivity index (χ1v) is 7.16. The van der Waals surface area contributed by atoms with Crippen molar-refractivity contribution in [2.75, 3.05) is 19.6 Å². The zero-order valence-electron chi connectivity index (χ0n) is 11.5. The molecule has 1 aliphatic heterocycles. The lowest BCUT2D eigenvalue weighted by Crippen LogP contribution is -2.36. The fourth-order valence-electron chi connectivity index (χ4n) is 3.20. The van der Waals surface area contributed by atoms with Gasteiger partial charge < -0.3 is 5.11 Å². The van der Waals surface area contributed by atoms with Crippen LogP contribution in [0.4, 0.5) is 0 Å². The zero-order chi connectivity index (χ0) is 13.9. The van der Waals surface area contributed by atoms with Gasteiger partial charge in [0.1, 0.15) is 0 Å². The molecule has 1 saturated heterocycles. The monoisotopic (exact) mass is 269 g/mol. The zero-order valence-corrected chi connectivity index (χ0v) is 11.5. The van der Waals surface area contributed by atoms with Gasteiger partial charge in [0.15, 0.2) is 0 Å². The van der Waals surface area contributed by atoms with Crippen LogP contribution in [-0.2, 0) is 4.79 Å². The summed E-state index contributed by atoms with van der Waals surface area (Å²) >= 11 is 0. The Hall–Kier alpha value is -1.87. The van der Waals surface area contributed by atoms with E-state index < -0.39 is 5.97 Å². The van der Waals surface area contributed by atoms with E-state index >= 15 is 0 Å². The van der Waals surface area contributed by atoms with E-state index in [4.69, 9.17) is 5.11 Å². The molecule has 0 aromatic heterocycles. The SMILES string of the molecule is O=C(O)CN1CCC(c2cccc3ccccc23)CC1. The molecule has 0 amide bonds. The second-order valence-electron chi connectivity index (χ2n) is 5.51. The number of carboxylic acids is 1. The van der Waals surface area contributed by atoms with Gasteiger partial charge in [0, 0.05) is 0 Å². The maximum absolute atomic E-state index is 10.8. The van der Waals surface area contributed by atoms with Gasteiger partial charge in [-0.25, -0.2) is 0 Å². The van der Waals surface area contributed by atoms with Crippen LogP contribution in [0.1, 0.15) is 24.3 Å². The molecule has 0 radical (unpaired) electrons. The number of nitrogens with zero attached hydrogens (tertiary/aromatic N) is 1. The average Bonchev–Trinajstić information content (AvgIpc) is 2.47. The third kappa shape index (κ3) is 2.68. The highest BCUT2D eigenvalue weighted by molar-refractivity contribution is 5.86. The molecule has 3 nitrogen and oxygen atoms in total. The Labute approximate surface area is 118 Å². The Kier molecular flexibility index (Phi) is 3.70. The molecule has 0 spiro atoms. The molecule has 0 aliphatic carbocycles. The molecular weight excluding hydrogens is 250 g/mol. The molecular formula is C17H19NO2. The highest BCUT2D eigenvalue weighted by Crippen LogP contribution is 2.32. The Morgan fingerprint density at radius 2 is 1.80 bits per heavy atom. The summed E-state index contributed by atoms with van der Waals surface area (Å²) < 4.78 is 0. The average molecular weight is 269 g/mol. The van der Waals surface area contributed by atoms with Gasteiger partial charge in [-0.1, -0.05) is 42.5 Å². The molecule has 1 aliphatic rings. The summed E-state index contributed by atoms with van der Waals surface area (Å²) in [5, 5.41) is 11.5. The van der Waals surface area contributed by atoms with E-state index in [1.807, 2.05) is 4.90 Å². The molecule has 0 bridgehead atoms. The molecule has 3 rings (SSSR count). The van der Waals surface area contributed by atoms with Crippen LogP contribution in [-0.4, -0.2) is 35.6 Å². The number of hydrogen-bond acceptors (Lipinski definition) is 2. The van der Waals surface area contributed by atoms with Crippen LogP contribution in [0.15, 0.2) is 42.5 Å². The largest absolute Gasteiger partial charge is 0.480 e. The molecule has 3 heteroatoms. The summed E-state index contributed by atoms with van der Waals surface area (Å²) in [4.78, 5) is 12.8. The van der Waals surface area contributed by atoms with E-state index in [1.54, 1.807) is 0 Å². The van der Waals surface area contributed by atoms with Crippen molar-refractivity contribution >= 4 is 16.7 Å². The predicted molar refractivity (Wildman–Crippen MR) is 80.0 cm³/mol. The van der Waals surface area contributed by atoms with Crippen LogP contribution < -0.4 is 0 Å². The van der Waals surface area contributed by atoms with Crippen molar-refractivity contribution in [1.82, 2.24) is 4.90 Å². The minimum Gasteiger partial charge on any atom is -0.480 e. The first kappa shape index (κ1) is 13.1. The minimum absolute atomic E-state index is 0.169. The maximum atomic E-state index is 10.8. The van der Waals surface area contributed by atoms with Crippen LogP contribution in [0.2, 0.25) is 0 Å². The van der Waals surface area contributed by atoms with Crippen LogP contribution in [0.5, 0.6) is 0 Å². The fourth-order valence-corrected chi connectivity index (χ4v) is 3.20. The van der Waals surface area contributed by atoms with Crippen molar-refractivity contribution in [3.8, 4) is 0 Å². The van der Waals surface area contributed by atoms with E-state index in [0.29, 0.717) is 5.92 Å². The van der Waals surface area contributed by atoms with Gasteiger partial charge in [-0.3, -0.25) is 9.69 Å². The molecule has 0 unspecified atom stereocenters. The Bertz CT molecular complexity index is 610. The van der Waals surface area contributed by atoms with Crippen molar-refractivity contribution in [1.29, 1.82) is 0 Å². The van der Waals surface area contributed by atoms with E-state index in [2.05, 4.69) is 42.5 Å². The Balaban J connectivity index is 1.78. The molecule has 1 N–H and O–H groups in total. The first-order chi connectivity index (χ1) is 9.74. The van der Waals surface area contributed by atoms with E-state index in [9.17, 15) is 4.79 Å². The first-order valence-electron chi connectivity index (χ1n) is 7.16. The second-order valence-corrected chi connectivity index (χ2v) is 5.51. The van der Waals surface area contributed by atoms with Gasteiger partial charge in [-0.15, -0.1) is 0 Å². The van der Waals surface area contributed by atoms with E-state index in [-0.39, 0.29) is 6.54 Å². The van der Waals surface area contributed by atoms with Crippen molar-refractivity contribution in [3.63, 3.8) is 0 Å². The number of aliphatic carboxylic acids is 1. The summed E-state index contributed by atoms with van der Waals surface area (Å²) in [6.07, 6.45) is 2.09. The van der Waals surface area contributed by atoms with Crippen LogP contribution in [0, 0.1) is 0 Å². The standard InChI is InChI=1S/C17H19NO2/c19-17(20)12-18-10-8-14(9-11-18)16-7-3-5-13-4-1-2-6-15(13)16/h1-7,14H,8-12H2,(H,19,20). The maximum Gasteiger partial charge on any atom is 0.317 e. The molecule has 1 fully saturated rings. The normalized spacial score (nSPS) is 17.4. The highest BCUT2D eigenvalue weighted by atomic mass is 16.4. The third-order valence-electron chi connectivity index (χ3n) is 4.21. The smallest absolute Gasteiger partial charge is 0.317 e. The summed E-state index contributed by atoms with van der Waals surface area (Å²) in [6.45, 7) is 1.92. The van der Waals surface area contributed by atoms with Crippen molar-refractivity contribution < 1.29 is 9.90 Å². The fraction of sp³-hybridized carbons (Fsp3) is 0.353. The lowest BCUT2D eigenvalue weighted by atomic mass is 9.86. The predicted octanol–water partition coefficient (Wildman–Crippen LogP) is 3.10. The van der Waals surface area contributed by atoms with Crippen LogP contribution >= 0.6 is 0 Å². The highest BCUT2D eigenvalue weighted by Gasteiger charge is 2.22. The molecule has 104 valence electrons. The number of likely N-dealkylation sites (tertiary alicyclic amines) is 1. The Morgan fingerprint density at radius 3 is 2.55 bits per heavy atom. The molecule has 0 saturated carbocycles. The molecule has 0 atom stereocenters. The summed E-state index contributed by atoms with van der Waals surface area (Å²) in [7, 11) is 0. The molecule has 2 aromatic carbocycles. The van der Waals surface area contributed by atoms with Crippen molar-refractivity contribution in [3.05, 3.63) is 48.0 Å². The number of fused-ring (bicyclic) bond motifs is 1. The van der Waals surface area contributed by atoms with Gasteiger partial charge in [0.25, 0.3) is 0 Å². The van der Waals surface area contributed by atoms with Gasteiger partial charge in [-0.05, 0) is 48.2 Å². The second kappa shape index (κ2) is 5.63. The van der Waals surface area contributed by atoms with Crippen molar-refractivity contribution in [2.45, 2.75) is 18.8 Å². The number of carbonyl (C=O) groups is 1. The quantitative estimate of drug-likeness (QED) is 0.930. The summed E-state index contributed by atoms with van der Waals surface area (Å²) in [5.41, 5.74) is 1.41. The number of piperidine rings is 1. The number of rotatable bonds is 3. The Morgan fingerprint density at radius 1 is 1.10 bits per heavy atom. The van der Waals surface area contributed by atoms with Gasteiger partial charge in [0.2, 0.25) is 0 Å². The van der Waals surface area contributed by atoms with E-state index in [1.165, 1.54) is 16.3 Å². The van der Waals surface area contributed by atoms with E-state index in [0.717, 1.165) is 25.9 Å². The lowest BCUT2D eigenvalue weighted by Gasteiger charge is -2.31. The van der Waals surface area contributed by atoms with Crippen LogP contribution in [0.25, 0.3) is 10.8 Å². The van der Waals surface area contributed by atoms with Gasteiger partial charge >= 0.3 is 5.97 Å². The van der Waals surface area contributed by atoms with Crippen molar-refractivity contribution in [2.24, 2.45) is 0 Å². The molecule has 1 heterocycles. The summed E-state index contributed by atoms with van der Waals surface area (Å²) in [6, 6.07) is 15.0. The van der Waals surface area contributed by atoms with Crippen LogP contribution in [0.3, 0.4) is 0 Å². The number of hydrogen-bond donors (Lipinski definition) is 1. The topological polar surface area (TPSA) is 40.5 Å². The summed E-state index contributed by atoms with van der Waals surface area (Å²) in [5.74, 6) is -0.181.